The van der Waals surface area contributed by atoms with Crippen LogP contribution in [0, 0.1) is 23.2 Å². The lowest BCUT2D eigenvalue weighted by Gasteiger charge is -2.47. The van der Waals surface area contributed by atoms with E-state index in [4.69, 9.17) is 5.73 Å². The first-order chi connectivity index (χ1) is 13.8. The van der Waals surface area contributed by atoms with Gasteiger partial charge in [0.2, 0.25) is 12.5 Å². The average molecular weight is 416 g/mol. The van der Waals surface area contributed by atoms with Crippen LogP contribution in [0.5, 0.6) is 0 Å². The molecule has 29 heavy (non-hydrogen) atoms. The molecule has 4 atom stereocenters. The van der Waals surface area contributed by atoms with Crippen LogP contribution >= 0.6 is 11.8 Å². The molecule has 0 aliphatic carbocycles. The van der Waals surface area contributed by atoms with Gasteiger partial charge in [0.05, 0.1) is 35.8 Å². The van der Waals surface area contributed by atoms with Crippen LogP contribution in [-0.2, 0) is 20.9 Å². The zero-order valence-electron chi connectivity index (χ0n) is 15.6. The molecule has 9 nitrogen and oxygen atoms in total. The van der Waals surface area contributed by atoms with Gasteiger partial charge >= 0.3 is 0 Å². The van der Waals surface area contributed by atoms with E-state index in [9.17, 15) is 29.9 Å². The van der Waals surface area contributed by atoms with Gasteiger partial charge < -0.3 is 25.6 Å². The van der Waals surface area contributed by atoms with Crippen LogP contribution in [0.25, 0.3) is 0 Å². The van der Waals surface area contributed by atoms with Crippen molar-refractivity contribution >= 4 is 29.5 Å². The summed E-state index contributed by atoms with van der Waals surface area (Å²) in [5.41, 5.74) is 5.43. The first-order valence-electron chi connectivity index (χ1n) is 8.99. The van der Waals surface area contributed by atoms with Crippen molar-refractivity contribution in [2.24, 2.45) is 17.6 Å². The summed E-state index contributed by atoms with van der Waals surface area (Å²) in [6.07, 6.45) is 2.47. The number of nitrogens with two attached hydrogens (primary N) is 1. The predicted octanol–water partition coefficient (Wildman–Crippen LogP) is -1.69. The number of primary amides is 1. The van der Waals surface area contributed by atoms with Gasteiger partial charge in [0.1, 0.15) is 0 Å². The molecule has 2 aliphatic rings. The third kappa shape index (κ3) is 3.83. The first kappa shape index (κ1) is 20.8. The number of hydrogen-bond acceptors (Lipinski definition) is 7. The van der Waals surface area contributed by atoms with E-state index in [1.165, 1.54) is 18.7 Å². The minimum absolute atomic E-state index is 0.0394. The number of hydrogen-bond donors (Lipinski definition) is 2. The monoisotopic (exact) mass is 416 g/mol. The Hall–Kier alpha value is -2.90. The first-order valence-corrected chi connectivity index (χ1v) is 9.97. The molecule has 10 heteroatoms. The molecule has 1 saturated heterocycles. The standard InChI is InChI=1S/C19H20N4O5S/c1-10(24)15-16-12(2-5-20)13(17(19(27)28)23(16)18(15)26)9-29-11-3-6-22(7-4-11)8-14(21)25/h3-4,6-7,10,12,15-16,24H,2,8-9H2,1H3,(H2-,21,25,27,28)/t10-,12+,15-,16-/m1/s1. The van der Waals surface area contributed by atoms with Gasteiger partial charge in [-0.1, -0.05) is 0 Å². The number of β-lactam (4-membered cyclic amide) rings is 1. The summed E-state index contributed by atoms with van der Waals surface area (Å²) >= 11 is 1.35. The summed E-state index contributed by atoms with van der Waals surface area (Å²) in [6.45, 7) is 1.54. The number of carbonyl (C=O) groups excluding carboxylic acids is 3. The molecule has 2 aliphatic heterocycles. The number of aliphatic hydroxyl groups excluding tert-OH is 1. The van der Waals surface area contributed by atoms with E-state index < -0.39 is 41.8 Å². The van der Waals surface area contributed by atoms with E-state index in [0.717, 1.165) is 9.80 Å². The largest absolute Gasteiger partial charge is 0.543 e. The van der Waals surface area contributed by atoms with Crippen LogP contribution in [0.4, 0.5) is 0 Å². The molecule has 3 N–H and O–H groups in total. The van der Waals surface area contributed by atoms with Crippen LogP contribution in [0.3, 0.4) is 0 Å². The number of rotatable bonds is 8. The molecule has 0 aromatic carbocycles. The molecule has 2 amide bonds. The zero-order valence-corrected chi connectivity index (χ0v) is 16.5. The number of fused-ring (bicyclic) bond motifs is 1. The molecular weight excluding hydrogens is 396 g/mol. The van der Waals surface area contributed by atoms with Gasteiger partial charge in [0, 0.05) is 35.1 Å². The molecule has 1 aromatic rings. The van der Waals surface area contributed by atoms with E-state index >= 15 is 0 Å². The number of carboxylic acids is 1. The Kier molecular flexibility index (Phi) is 5.91. The van der Waals surface area contributed by atoms with Crippen molar-refractivity contribution in [2.75, 3.05) is 5.75 Å². The normalized spacial score (nSPS) is 24.0. The summed E-state index contributed by atoms with van der Waals surface area (Å²) in [7, 11) is 0. The molecule has 3 heterocycles. The highest BCUT2D eigenvalue weighted by molar-refractivity contribution is 7.99. The minimum Gasteiger partial charge on any atom is -0.543 e. The van der Waals surface area contributed by atoms with Gasteiger partial charge in [0.25, 0.3) is 5.91 Å². The molecule has 0 unspecified atom stereocenters. The Morgan fingerprint density at radius 3 is 2.62 bits per heavy atom. The number of carboxylic acid groups (broad SMARTS) is 1. The predicted molar refractivity (Wildman–Crippen MR) is 98.1 cm³/mol. The van der Waals surface area contributed by atoms with Gasteiger partial charge in [-0.25, -0.2) is 0 Å². The van der Waals surface area contributed by atoms with Gasteiger partial charge in [-0.2, -0.15) is 9.83 Å². The minimum atomic E-state index is -1.46. The molecule has 1 aromatic heterocycles. The Balaban J connectivity index is 1.84. The fourth-order valence-corrected chi connectivity index (χ4v) is 4.97. The van der Waals surface area contributed by atoms with Crippen molar-refractivity contribution in [1.29, 1.82) is 5.26 Å². The number of amides is 2. The van der Waals surface area contributed by atoms with Crippen LogP contribution < -0.4 is 15.4 Å². The summed E-state index contributed by atoms with van der Waals surface area (Å²) in [5, 5.41) is 30.9. The highest BCUT2D eigenvalue weighted by Crippen LogP contribution is 2.49. The Bertz CT molecular complexity index is 922. The van der Waals surface area contributed by atoms with Crippen LogP contribution in [0.1, 0.15) is 13.3 Å². The van der Waals surface area contributed by atoms with Crippen molar-refractivity contribution < 1.29 is 29.2 Å². The van der Waals surface area contributed by atoms with Crippen molar-refractivity contribution in [2.45, 2.75) is 36.9 Å². The van der Waals surface area contributed by atoms with Crippen LogP contribution in [0.2, 0.25) is 0 Å². The number of nitriles is 1. The Morgan fingerprint density at radius 1 is 1.45 bits per heavy atom. The van der Waals surface area contributed by atoms with Crippen molar-refractivity contribution in [1.82, 2.24) is 4.90 Å². The quantitative estimate of drug-likeness (QED) is 0.291. The summed E-state index contributed by atoms with van der Waals surface area (Å²) in [5.74, 6) is -3.33. The topological polar surface area (TPSA) is 151 Å². The highest BCUT2D eigenvalue weighted by Gasteiger charge is 2.59. The average Bonchev–Trinajstić information content (AvgIpc) is 2.91. The van der Waals surface area contributed by atoms with E-state index in [-0.39, 0.29) is 24.4 Å². The summed E-state index contributed by atoms with van der Waals surface area (Å²) < 4.78 is 1.62. The molecule has 0 spiro atoms. The summed E-state index contributed by atoms with van der Waals surface area (Å²) in [4.78, 5) is 37.1. The molecule has 0 saturated carbocycles. The lowest BCUT2D eigenvalue weighted by atomic mass is 9.76. The number of aliphatic carboxylic acids is 1. The number of thioether (sulfide) groups is 1. The van der Waals surface area contributed by atoms with E-state index in [0.29, 0.717) is 5.57 Å². The fraction of sp³-hybridized carbons (Fsp3) is 0.421. The second kappa shape index (κ2) is 8.23. The van der Waals surface area contributed by atoms with Gasteiger partial charge in [-0.3, -0.25) is 9.59 Å². The van der Waals surface area contributed by atoms with Gasteiger partial charge in [0.15, 0.2) is 12.4 Å². The number of pyridine rings is 1. The maximum atomic E-state index is 12.4. The maximum Gasteiger partial charge on any atom is 0.283 e. The lowest BCUT2D eigenvalue weighted by molar-refractivity contribution is -0.684. The van der Waals surface area contributed by atoms with E-state index in [1.54, 1.807) is 29.1 Å². The summed E-state index contributed by atoms with van der Waals surface area (Å²) in [6, 6.07) is 5.04. The van der Waals surface area contributed by atoms with E-state index in [2.05, 4.69) is 6.07 Å². The number of aromatic nitrogens is 1. The van der Waals surface area contributed by atoms with Crippen molar-refractivity contribution in [3.63, 3.8) is 0 Å². The Morgan fingerprint density at radius 2 is 2.10 bits per heavy atom. The molecule has 1 fully saturated rings. The fourth-order valence-electron chi connectivity index (χ4n) is 3.98. The van der Waals surface area contributed by atoms with E-state index in [1.807, 2.05) is 0 Å². The van der Waals surface area contributed by atoms with Crippen molar-refractivity contribution in [3.05, 3.63) is 35.8 Å². The number of carbonyl (C=O) groups is 3. The third-order valence-electron chi connectivity index (χ3n) is 5.21. The second-order valence-electron chi connectivity index (χ2n) is 7.06. The van der Waals surface area contributed by atoms with Gasteiger partial charge in [-0.05, 0) is 12.5 Å². The van der Waals surface area contributed by atoms with Gasteiger partial charge in [-0.15, -0.1) is 11.8 Å². The molecular formula is C19H20N4O5S. The third-order valence-corrected chi connectivity index (χ3v) is 6.27. The smallest absolute Gasteiger partial charge is 0.283 e. The molecule has 3 rings (SSSR count). The van der Waals surface area contributed by atoms with Crippen molar-refractivity contribution in [3.8, 4) is 6.07 Å². The lowest BCUT2D eigenvalue weighted by Crippen LogP contribution is -2.64. The van der Waals surface area contributed by atoms with Crippen LogP contribution in [-0.4, -0.2) is 45.7 Å². The Labute approximate surface area is 171 Å². The molecule has 0 bridgehead atoms. The maximum absolute atomic E-state index is 12.4. The second-order valence-corrected chi connectivity index (χ2v) is 8.11. The SMILES string of the molecule is C[C@@H](O)[C@H]1C(=O)N2C(C(=O)[O-])=C(CSc3cc[n+](CC(N)=O)cc3)[C@H](CC#N)[C@H]12. The molecule has 152 valence electrons. The number of aliphatic hydroxyl groups is 1. The van der Waals surface area contributed by atoms with Crippen LogP contribution in [0.15, 0.2) is 40.7 Å². The highest BCUT2D eigenvalue weighted by atomic mass is 32.2. The zero-order chi connectivity index (χ0) is 21.3. The molecule has 0 radical (unpaired) electrons. The number of nitrogens with zero attached hydrogens (tertiary/aromatic N) is 3.